The van der Waals surface area contributed by atoms with Crippen LogP contribution in [0.15, 0.2) is 0 Å². The zero-order valence-corrected chi connectivity index (χ0v) is 12.4. The number of carboxylic acids is 1. The SMILES string of the molecule is CC(C)CC(=O)O.CC1(C)C2CCC1(C)C(O)C2. The molecule has 0 saturated heterocycles. The number of hydrogen-bond acceptors (Lipinski definition) is 2. The largest absolute Gasteiger partial charge is 0.481 e. The van der Waals surface area contributed by atoms with Gasteiger partial charge < -0.3 is 10.2 Å². The molecule has 0 aromatic heterocycles. The number of fused-ring (bicyclic) bond motifs is 2. The molecule has 0 aromatic rings. The first-order valence-corrected chi connectivity index (χ1v) is 7.01. The van der Waals surface area contributed by atoms with Gasteiger partial charge in [0.15, 0.2) is 0 Å². The zero-order chi connectivity index (χ0) is 14.1. The predicted molar refractivity (Wildman–Crippen MR) is 72.3 cm³/mol. The number of aliphatic hydroxyl groups excluding tert-OH is 1. The molecule has 2 bridgehead atoms. The summed E-state index contributed by atoms with van der Waals surface area (Å²) in [5.74, 6) is 0.343. The minimum Gasteiger partial charge on any atom is -0.481 e. The fourth-order valence-electron chi connectivity index (χ4n) is 3.51. The van der Waals surface area contributed by atoms with Crippen LogP contribution in [-0.2, 0) is 4.79 Å². The Morgan fingerprint density at radius 2 is 1.89 bits per heavy atom. The average Bonchev–Trinajstić information content (AvgIpc) is 2.49. The third kappa shape index (κ3) is 2.71. The van der Waals surface area contributed by atoms with Crippen LogP contribution < -0.4 is 0 Å². The Labute approximate surface area is 111 Å². The molecular formula is C15H28O3. The van der Waals surface area contributed by atoms with Gasteiger partial charge in [0, 0.05) is 6.42 Å². The van der Waals surface area contributed by atoms with Crippen molar-refractivity contribution >= 4 is 5.97 Å². The number of aliphatic carboxylic acids is 1. The van der Waals surface area contributed by atoms with Gasteiger partial charge in [0.2, 0.25) is 0 Å². The van der Waals surface area contributed by atoms with Gasteiger partial charge in [-0.15, -0.1) is 0 Å². The van der Waals surface area contributed by atoms with Gasteiger partial charge in [-0.05, 0) is 41.9 Å². The van der Waals surface area contributed by atoms with E-state index in [1.807, 2.05) is 13.8 Å². The van der Waals surface area contributed by atoms with Crippen LogP contribution in [-0.4, -0.2) is 22.3 Å². The third-order valence-corrected chi connectivity index (χ3v) is 5.33. The molecule has 2 aliphatic carbocycles. The van der Waals surface area contributed by atoms with Crippen LogP contribution >= 0.6 is 0 Å². The number of carboxylic acid groups (broad SMARTS) is 1. The van der Waals surface area contributed by atoms with E-state index < -0.39 is 5.97 Å². The Kier molecular flexibility index (Phi) is 4.47. The van der Waals surface area contributed by atoms with Crippen LogP contribution in [0.1, 0.15) is 60.3 Å². The Morgan fingerprint density at radius 3 is 2.00 bits per heavy atom. The van der Waals surface area contributed by atoms with E-state index >= 15 is 0 Å². The van der Waals surface area contributed by atoms with Crippen LogP contribution in [0.5, 0.6) is 0 Å². The topological polar surface area (TPSA) is 57.5 Å². The fourth-order valence-corrected chi connectivity index (χ4v) is 3.51. The van der Waals surface area contributed by atoms with Crippen LogP contribution in [0, 0.1) is 22.7 Å². The number of hydrogen-bond donors (Lipinski definition) is 2. The Hall–Kier alpha value is -0.570. The summed E-state index contributed by atoms with van der Waals surface area (Å²) in [6.45, 7) is 10.7. The van der Waals surface area contributed by atoms with E-state index in [4.69, 9.17) is 5.11 Å². The van der Waals surface area contributed by atoms with Gasteiger partial charge in [-0.3, -0.25) is 4.79 Å². The molecule has 0 radical (unpaired) electrons. The summed E-state index contributed by atoms with van der Waals surface area (Å²) in [6, 6.07) is 0. The van der Waals surface area contributed by atoms with Gasteiger partial charge in [-0.25, -0.2) is 0 Å². The van der Waals surface area contributed by atoms with Crippen molar-refractivity contribution in [1.29, 1.82) is 0 Å². The van der Waals surface area contributed by atoms with Crippen molar-refractivity contribution in [2.24, 2.45) is 22.7 Å². The number of rotatable bonds is 2. The first-order valence-electron chi connectivity index (χ1n) is 7.01. The van der Waals surface area contributed by atoms with Gasteiger partial charge in [0.05, 0.1) is 6.10 Å². The molecule has 2 N–H and O–H groups in total. The minimum atomic E-state index is -0.713. The molecule has 2 fully saturated rings. The molecule has 3 atom stereocenters. The van der Waals surface area contributed by atoms with Crippen LogP contribution in [0.3, 0.4) is 0 Å². The molecule has 0 spiro atoms. The molecule has 0 amide bonds. The Bertz CT molecular complexity index is 309. The van der Waals surface area contributed by atoms with E-state index in [0.29, 0.717) is 5.41 Å². The molecule has 0 aliphatic heterocycles. The van der Waals surface area contributed by atoms with E-state index in [0.717, 1.165) is 12.3 Å². The van der Waals surface area contributed by atoms with Crippen molar-refractivity contribution in [1.82, 2.24) is 0 Å². The van der Waals surface area contributed by atoms with Gasteiger partial charge in [-0.2, -0.15) is 0 Å². The van der Waals surface area contributed by atoms with E-state index in [2.05, 4.69) is 20.8 Å². The molecule has 0 heterocycles. The maximum absolute atomic E-state index is 9.81. The number of carbonyl (C=O) groups is 1. The second-order valence-electron chi connectivity index (χ2n) is 7.12. The summed E-state index contributed by atoms with van der Waals surface area (Å²) in [4.78, 5) is 9.81. The van der Waals surface area contributed by atoms with E-state index in [1.165, 1.54) is 12.8 Å². The highest BCUT2D eigenvalue weighted by atomic mass is 16.4. The molecule has 2 saturated carbocycles. The lowest BCUT2D eigenvalue weighted by molar-refractivity contribution is -0.137. The monoisotopic (exact) mass is 256 g/mol. The molecule has 2 rings (SSSR count). The van der Waals surface area contributed by atoms with Crippen LogP contribution in [0.4, 0.5) is 0 Å². The fraction of sp³-hybridized carbons (Fsp3) is 0.933. The van der Waals surface area contributed by atoms with Gasteiger partial charge in [-0.1, -0.05) is 34.6 Å². The maximum Gasteiger partial charge on any atom is 0.303 e. The molecule has 0 aromatic carbocycles. The summed E-state index contributed by atoms with van der Waals surface area (Å²) in [7, 11) is 0. The molecule has 2 aliphatic rings. The van der Waals surface area contributed by atoms with Crippen molar-refractivity contribution in [2.45, 2.75) is 66.4 Å². The van der Waals surface area contributed by atoms with Crippen LogP contribution in [0.25, 0.3) is 0 Å². The Morgan fingerprint density at radius 1 is 1.33 bits per heavy atom. The average molecular weight is 256 g/mol. The lowest BCUT2D eigenvalue weighted by atomic mass is 9.70. The zero-order valence-electron chi connectivity index (χ0n) is 12.4. The summed E-state index contributed by atoms with van der Waals surface area (Å²) in [5.41, 5.74) is 0.601. The van der Waals surface area contributed by atoms with Crippen molar-refractivity contribution in [3.05, 3.63) is 0 Å². The predicted octanol–water partition coefficient (Wildman–Crippen LogP) is 3.31. The first kappa shape index (κ1) is 15.5. The highest BCUT2D eigenvalue weighted by molar-refractivity contribution is 5.66. The molecule has 3 nitrogen and oxygen atoms in total. The van der Waals surface area contributed by atoms with E-state index in [1.54, 1.807) is 0 Å². The van der Waals surface area contributed by atoms with Gasteiger partial charge in [0.1, 0.15) is 0 Å². The van der Waals surface area contributed by atoms with Crippen molar-refractivity contribution < 1.29 is 15.0 Å². The highest BCUT2D eigenvalue weighted by Gasteiger charge is 2.60. The summed E-state index contributed by atoms with van der Waals surface area (Å²) >= 11 is 0. The Balaban J connectivity index is 0.000000203. The normalized spacial score (nSPS) is 36.4. The standard InChI is InChI=1S/C10H18O.C5H10O2/c1-9(2)7-4-5-10(9,3)8(11)6-7;1-4(2)3-5(6)7/h7-8,11H,4-6H2,1-3H3;4H,3H2,1-2H3,(H,6,7). The maximum atomic E-state index is 9.81. The summed E-state index contributed by atoms with van der Waals surface area (Å²) in [6.07, 6.45) is 3.85. The smallest absolute Gasteiger partial charge is 0.303 e. The second kappa shape index (κ2) is 5.20. The molecule has 3 unspecified atom stereocenters. The van der Waals surface area contributed by atoms with E-state index in [9.17, 15) is 9.90 Å². The second-order valence-corrected chi connectivity index (χ2v) is 7.12. The molecular weight excluding hydrogens is 228 g/mol. The van der Waals surface area contributed by atoms with Crippen molar-refractivity contribution in [2.75, 3.05) is 0 Å². The van der Waals surface area contributed by atoms with Gasteiger partial charge in [0.25, 0.3) is 0 Å². The highest BCUT2D eigenvalue weighted by Crippen LogP contribution is 2.65. The molecule has 106 valence electrons. The lowest BCUT2D eigenvalue weighted by Gasteiger charge is -2.36. The minimum absolute atomic E-state index is 0.0313. The summed E-state index contributed by atoms with van der Waals surface area (Å²) < 4.78 is 0. The van der Waals surface area contributed by atoms with Crippen molar-refractivity contribution in [3.63, 3.8) is 0 Å². The molecule has 18 heavy (non-hydrogen) atoms. The lowest BCUT2D eigenvalue weighted by Crippen LogP contribution is -2.35. The third-order valence-electron chi connectivity index (χ3n) is 5.33. The quantitative estimate of drug-likeness (QED) is 0.797. The van der Waals surface area contributed by atoms with Crippen LogP contribution in [0.2, 0.25) is 0 Å². The van der Waals surface area contributed by atoms with E-state index in [-0.39, 0.29) is 23.9 Å². The van der Waals surface area contributed by atoms with Crippen molar-refractivity contribution in [3.8, 4) is 0 Å². The molecule has 3 heteroatoms. The summed E-state index contributed by atoms with van der Waals surface area (Å²) in [5, 5.41) is 17.9. The first-order chi connectivity index (χ1) is 8.11. The van der Waals surface area contributed by atoms with Gasteiger partial charge >= 0.3 is 5.97 Å². The number of aliphatic hydroxyl groups is 1.